The number of aryl methyl sites for hydroxylation is 1. The minimum Gasteiger partial charge on any atom is -0.461 e. The van der Waals surface area contributed by atoms with Crippen LogP contribution in [0.1, 0.15) is 21.5 Å². The number of likely N-dealkylation sites (N-methyl/N-ethyl adjacent to an activating group) is 1. The average Bonchev–Trinajstić information content (AvgIpc) is 3.53. The summed E-state index contributed by atoms with van der Waals surface area (Å²) in [6.45, 7) is 5.42. The first kappa shape index (κ1) is 22.4. The molecule has 0 bridgehead atoms. The molecule has 1 aliphatic heterocycles. The van der Waals surface area contributed by atoms with Crippen molar-refractivity contribution in [1.82, 2.24) is 24.6 Å². The lowest BCUT2D eigenvalue weighted by Gasteiger charge is -2.32. The van der Waals surface area contributed by atoms with Gasteiger partial charge in [0.25, 0.3) is 5.91 Å². The van der Waals surface area contributed by atoms with Crippen molar-refractivity contribution in [1.29, 1.82) is 0 Å². The van der Waals surface area contributed by atoms with Crippen LogP contribution >= 0.6 is 11.8 Å². The molecule has 7 nitrogen and oxygen atoms in total. The summed E-state index contributed by atoms with van der Waals surface area (Å²) in [7, 11) is 2.09. The van der Waals surface area contributed by atoms with Crippen molar-refractivity contribution in [2.24, 2.45) is 0 Å². The van der Waals surface area contributed by atoms with Gasteiger partial charge in [-0.05, 0) is 61.5 Å². The van der Waals surface area contributed by atoms with Gasteiger partial charge in [-0.2, -0.15) is 0 Å². The van der Waals surface area contributed by atoms with Crippen molar-refractivity contribution in [3.05, 3.63) is 83.6 Å². The van der Waals surface area contributed by atoms with E-state index in [1.165, 1.54) is 0 Å². The zero-order chi connectivity index (χ0) is 23.5. The molecule has 0 unspecified atom stereocenters. The molecule has 5 rings (SSSR count). The number of carbonyl (C=O) groups is 1. The molecule has 1 saturated heterocycles. The molecule has 174 valence electrons. The van der Waals surface area contributed by atoms with Crippen molar-refractivity contribution in [3.63, 3.8) is 0 Å². The van der Waals surface area contributed by atoms with E-state index in [-0.39, 0.29) is 5.91 Å². The van der Waals surface area contributed by atoms with Gasteiger partial charge in [0, 0.05) is 37.5 Å². The minimum atomic E-state index is 0.1000. The second kappa shape index (κ2) is 9.87. The van der Waals surface area contributed by atoms with Gasteiger partial charge < -0.3 is 14.2 Å². The molecule has 4 aromatic rings. The Morgan fingerprint density at radius 1 is 1.00 bits per heavy atom. The summed E-state index contributed by atoms with van der Waals surface area (Å²) in [6, 6.07) is 19.9. The molecule has 1 fully saturated rings. The van der Waals surface area contributed by atoms with Crippen LogP contribution in [0.25, 0.3) is 17.3 Å². The number of benzene rings is 2. The van der Waals surface area contributed by atoms with E-state index in [2.05, 4.69) is 47.3 Å². The number of rotatable bonds is 6. The van der Waals surface area contributed by atoms with Crippen LogP contribution in [-0.4, -0.2) is 63.7 Å². The number of aromatic nitrogens is 3. The first-order chi connectivity index (χ1) is 16.6. The van der Waals surface area contributed by atoms with Gasteiger partial charge in [-0.3, -0.25) is 9.36 Å². The fourth-order valence-corrected chi connectivity index (χ4v) is 4.96. The highest BCUT2D eigenvalue weighted by Crippen LogP contribution is 2.30. The molecule has 2 aromatic heterocycles. The van der Waals surface area contributed by atoms with Crippen molar-refractivity contribution in [2.45, 2.75) is 17.8 Å². The molecule has 1 aliphatic rings. The van der Waals surface area contributed by atoms with Crippen LogP contribution in [0.4, 0.5) is 0 Å². The zero-order valence-electron chi connectivity index (χ0n) is 19.3. The van der Waals surface area contributed by atoms with Gasteiger partial charge in [-0.15, -0.1) is 10.2 Å². The van der Waals surface area contributed by atoms with E-state index in [1.54, 1.807) is 18.0 Å². The van der Waals surface area contributed by atoms with Crippen LogP contribution in [0.5, 0.6) is 0 Å². The second-order valence-electron chi connectivity index (χ2n) is 8.54. The number of thioether (sulfide) groups is 1. The number of hydrogen-bond acceptors (Lipinski definition) is 6. The molecule has 0 radical (unpaired) electrons. The fourth-order valence-electron chi connectivity index (χ4n) is 4.06. The van der Waals surface area contributed by atoms with Gasteiger partial charge in [0.1, 0.15) is 0 Å². The maximum Gasteiger partial charge on any atom is 0.253 e. The summed E-state index contributed by atoms with van der Waals surface area (Å²) in [5, 5.41) is 9.66. The van der Waals surface area contributed by atoms with E-state index >= 15 is 0 Å². The van der Waals surface area contributed by atoms with E-state index in [1.807, 2.05) is 51.9 Å². The zero-order valence-corrected chi connectivity index (χ0v) is 20.2. The molecule has 0 aliphatic carbocycles. The number of amides is 1. The Balaban J connectivity index is 1.38. The molecule has 3 heterocycles. The molecule has 0 N–H and O–H groups in total. The second-order valence-corrected chi connectivity index (χ2v) is 9.48. The molecule has 0 atom stereocenters. The maximum atomic E-state index is 13.0. The van der Waals surface area contributed by atoms with Crippen molar-refractivity contribution in [3.8, 4) is 17.3 Å². The molecule has 0 spiro atoms. The molecule has 0 saturated carbocycles. The highest BCUT2D eigenvalue weighted by molar-refractivity contribution is 7.98. The monoisotopic (exact) mass is 473 g/mol. The smallest absolute Gasteiger partial charge is 0.253 e. The van der Waals surface area contributed by atoms with Crippen molar-refractivity contribution in [2.75, 3.05) is 33.2 Å². The number of nitrogens with zero attached hydrogens (tertiary/aromatic N) is 5. The highest BCUT2D eigenvalue weighted by Gasteiger charge is 2.21. The number of furan rings is 1. The lowest BCUT2D eigenvalue weighted by atomic mass is 10.1. The van der Waals surface area contributed by atoms with Crippen LogP contribution < -0.4 is 0 Å². The summed E-state index contributed by atoms with van der Waals surface area (Å²) >= 11 is 1.59. The summed E-state index contributed by atoms with van der Waals surface area (Å²) in [5.74, 6) is 2.10. The third-order valence-electron chi connectivity index (χ3n) is 5.97. The standard InChI is InChI=1S/C26H27N5O2S/c1-19-6-3-9-22(16-19)31-24(23-10-5-15-33-23)27-28-26(31)34-18-20-7-4-8-21(17-20)25(32)30-13-11-29(2)12-14-30/h3-10,15-17H,11-14,18H2,1-2H3. The highest BCUT2D eigenvalue weighted by atomic mass is 32.2. The Morgan fingerprint density at radius 2 is 1.82 bits per heavy atom. The molecule has 34 heavy (non-hydrogen) atoms. The predicted octanol–water partition coefficient (Wildman–Crippen LogP) is 4.52. The summed E-state index contributed by atoms with van der Waals surface area (Å²) in [4.78, 5) is 17.2. The van der Waals surface area contributed by atoms with E-state index < -0.39 is 0 Å². The van der Waals surface area contributed by atoms with Crippen molar-refractivity contribution >= 4 is 17.7 Å². The summed E-state index contributed by atoms with van der Waals surface area (Å²) in [6.07, 6.45) is 1.64. The van der Waals surface area contributed by atoms with Gasteiger partial charge in [0.15, 0.2) is 10.9 Å². The molecule has 2 aromatic carbocycles. The Hall–Kier alpha value is -3.36. The Labute approximate surface area is 203 Å². The number of carbonyl (C=O) groups excluding carboxylic acids is 1. The van der Waals surface area contributed by atoms with E-state index in [4.69, 9.17) is 4.42 Å². The molecule has 8 heteroatoms. The van der Waals surface area contributed by atoms with Gasteiger partial charge in [0.2, 0.25) is 5.82 Å². The third kappa shape index (κ3) is 4.78. The van der Waals surface area contributed by atoms with E-state index in [0.29, 0.717) is 17.3 Å². The minimum absolute atomic E-state index is 0.1000. The largest absolute Gasteiger partial charge is 0.461 e. The predicted molar refractivity (Wildman–Crippen MR) is 133 cm³/mol. The Morgan fingerprint density at radius 3 is 2.59 bits per heavy atom. The Bertz CT molecular complexity index is 1280. The van der Waals surface area contributed by atoms with Gasteiger partial charge in [-0.1, -0.05) is 36.0 Å². The normalized spacial score (nSPS) is 14.5. The van der Waals surface area contributed by atoms with Crippen LogP contribution in [0, 0.1) is 6.92 Å². The maximum absolute atomic E-state index is 13.0. The fraction of sp³-hybridized carbons (Fsp3) is 0.269. The van der Waals surface area contributed by atoms with Gasteiger partial charge >= 0.3 is 0 Å². The first-order valence-electron chi connectivity index (χ1n) is 11.3. The average molecular weight is 474 g/mol. The lowest BCUT2D eigenvalue weighted by Crippen LogP contribution is -2.47. The number of hydrogen-bond donors (Lipinski definition) is 0. The SMILES string of the molecule is Cc1cccc(-n2c(SCc3cccc(C(=O)N4CCN(C)CC4)c3)nnc2-c2ccco2)c1. The van der Waals surface area contributed by atoms with Gasteiger partial charge in [-0.25, -0.2) is 0 Å². The van der Waals surface area contributed by atoms with E-state index in [9.17, 15) is 4.79 Å². The molecular weight excluding hydrogens is 446 g/mol. The summed E-state index contributed by atoms with van der Waals surface area (Å²) in [5.41, 5.74) is 3.95. The Kier molecular flexibility index (Phi) is 6.51. The summed E-state index contributed by atoms with van der Waals surface area (Å²) < 4.78 is 7.64. The van der Waals surface area contributed by atoms with Gasteiger partial charge in [0.05, 0.1) is 12.0 Å². The van der Waals surface area contributed by atoms with Crippen LogP contribution in [0.15, 0.2) is 76.5 Å². The van der Waals surface area contributed by atoms with Crippen molar-refractivity contribution < 1.29 is 9.21 Å². The number of piperazine rings is 1. The quantitative estimate of drug-likeness (QED) is 0.384. The molecular formula is C26H27N5O2S. The van der Waals surface area contributed by atoms with Crippen LogP contribution in [-0.2, 0) is 5.75 Å². The van der Waals surface area contributed by atoms with Crippen LogP contribution in [0.3, 0.4) is 0 Å². The third-order valence-corrected chi connectivity index (χ3v) is 6.97. The topological polar surface area (TPSA) is 67.4 Å². The lowest BCUT2D eigenvalue weighted by molar-refractivity contribution is 0.0664. The van der Waals surface area contributed by atoms with E-state index in [0.717, 1.165) is 53.7 Å². The van der Waals surface area contributed by atoms with Crippen LogP contribution in [0.2, 0.25) is 0 Å². The molecule has 1 amide bonds. The first-order valence-corrected chi connectivity index (χ1v) is 12.3.